The number of benzene rings is 1. The van der Waals surface area contributed by atoms with Crippen molar-refractivity contribution in [3.05, 3.63) is 53.3 Å². The summed E-state index contributed by atoms with van der Waals surface area (Å²) in [5.74, 6) is 0.712. The van der Waals surface area contributed by atoms with E-state index in [0.717, 1.165) is 6.07 Å². The Bertz CT molecular complexity index is 1040. The van der Waals surface area contributed by atoms with Crippen molar-refractivity contribution in [2.24, 2.45) is 0 Å². The highest BCUT2D eigenvalue weighted by atomic mass is 19.4. The number of carbonyl (C=O) groups excluding carboxylic acids is 1. The standard InChI is InChI=1S/C18H17F3N6O/c1-11-22-23-15-7-8-16(24-27(11)15)26-9-12(10-26)25(2)17(28)13-5-3-4-6-14(13)18(19,20)21/h3-8,12H,9-10H2,1-2H3. The molecule has 1 aromatic carbocycles. The largest absolute Gasteiger partial charge is 0.417 e. The van der Waals surface area contributed by atoms with Crippen LogP contribution in [0, 0.1) is 6.92 Å². The van der Waals surface area contributed by atoms with Crippen LogP contribution in [0.3, 0.4) is 0 Å². The number of rotatable bonds is 3. The topological polar surface area (TPSA) is 66.6 Å². The molecule has 2 aromatic heterocycles. The first-order valence-electron chi connectivity index (χ1n) is 8.63. The van der Waals surface area contributed by atoms with Crippen molar-refractivity contribution in [3.8, 4) is 0 Å². The Morgan fingerprint density at radius 3 is 2.57 bits per heavy atom. The lowest BCUT2D eigenvalue weighted by Crippen LogP contribution is -2.60. The smallest absolute Gasteiger partial charge is 0.351 e. The van der Waals surface area contributed by atoms with Gasteiger partial charge in [0.15, 0.2) is 11.5 Å². The molecule has 1 aliphatic rings. The van der Waals surface area contributed by atoms with Gasteiger partial charge in [-0.05, 0) is 31.2 Å². The van der Waals surface area contributed by atoms with Gasteiger partial charge in [-0.15, -0.1) is 15.3 Å². The van der Waals surface area contributed by atoms with Crippen molar-refractivity contribution in [1.29, 1.82) is 0 Å². The maximum absolute atomic E-state index is 13.2. The second-order valence-corrected chi connectivity index (χ2v) is 6.73. The highest BCUT2D eigenvalue weighted by Gasteiger charge is 2.38. The summed E-state index contributed by atoms with van der Waals surface area (Å²) >= 11 is 0. The van der Waals surface area contributed by atoms with E-state index < -0.39 is 17.6 Å². The van der Waals surface area contributed by atoms with Crippen molar-refractivity contribution in [3.63, 3.8) is 0 Å². The molecular formula is C18H17F3N6O. The van der Waals surface area contributed by atoms with Crippen LogP contribution in [0.4, 0.5) is 19.0 Å². The number of alkyl halides is 3. The van der Waals surface area contributed by atoms with E-state index in [-0.39, 0.29) is 11.6 Å². The zero-order chi connectivity index (χ0) is 20.1. The van der Waals surface area contributed by atoms with E-state index in [2.05, 4.69) is 15.3 Å². The van der Waals surface area contributed by atoms with Crippen molar-refractivity contribution >= 4 is 17.4 Å². The maximum atomic E-state index is 13.2. The van der Waals surface area contributed by atoms with Crippen LogP contribution in [-0.2, 0) is 6.18 Å². The molecule has 0 radical (unpaired) electrons. The molecule has 1 amide bonds. The highest BCUT2D eigenvalue weighted by Crippen LogP contribution is 2.33. The van der Waals surface area contributed by atoms with E-state index in [1.807, 2.05) is 4.90 Å². The first kappa shape index (κ1) is 18.2. The van der Waals surface area contributed by atoms with E-state index in [1.165, 1.54) is 30.1 Å². The lowest BCUT2D eigenvalue weighted by Gasteiger charge is -2.44. The van der Waals surface area contributed by atoms with Gasteiger partial charge in [0.25, 0.3) is 5.91 Å². The summed E-state index contributed by atoms with van der Waals surface area (Å²) in [6.45, 7) is 2.76. The van der Waals surface area contributed by atoms with Gasteiger partial charge in [-0.3, -0.25) is 4.79 Å². The molecule has 10 heteroatoms. The Labute approximate surface area is 158 Å². The van der Waals surface area contributed by atoms with Crippen molar-refractivity contribution in [2.75, 3.05) is 25.0 Å². The van der Waals surface area contributed by atoms with Crippen LogP contribution in [-0.4, -0.2) is 56.8 Å². The average Bonchev–Trinajstić information content (AvgIpc) is 3.00. The number of amides is 1. The van der Waals surface area contributed by atoms with Crippen LogP contribution >= 0.6 is 0 Å². The monoisotopic (exact) mass is 390 g/mol. The third-order valence-corrected chi connectivity index (χ3v) is 4.92. The molecule has 0 bridgehead atoms. The predicted octanol–water partition coefficient (Wildman–Crippen LogP) is 2.41. The summed E-state index contributed by atoms with van der Waals surface area (Å²) in [5.41, 5.74) is -0.622. The maximum Gasteiger partial charge on any atom is 0.417 e. The quantitative estimate of drug-likeness (QED) is 0.687. The predicted molar refractivity (Wildman–Crippen MR) is 95.1 cm³/mol. The second-order valence-electron chi connectivity index (χ2n) is 6.73. The molecule has 146 valence electrons. The van der Waals surface area contributed by atoms with Crippen LogP contribution in [0.5, 0.6) is 0 Å². The van der Waals surface area contributed by atoms with E-state index >= 15 is 0 Å². The van der Waals surface area contributed by atoms with E-state index in [4.69, 9.17) is 0 Å². The Kier molecular flexibility index (Phi) is 4.20. The molecule has 7 nitrogen and oxygen atoms in total. The molecule has 1 aliphatic heterocycles. The first-order valence-corrected chi connectivity index (χ1v) is 8.63. The van der Waals surface area contributed by atoms with Gasteiger partial charge in [0.2, 0.25) is 0 Å². The van der Waals surface area contributed by atoms with Crippen LogP contribution < -0.4 is 4.90 Å². The molecule has 3 heterocycles. The number of likely N-dealkylation sites (N-methyl/N-ethyl adjacent to an activating group) is 1. The zero-order valence-electron chi connectivity index (χ0n) is 15.2. The SMILES string of the molecule is Cc1nnc2ccc(N3CC(N(C)C(=O)c4ccccc4C(F)(F)F)C3)nn12. The molecule has 4 rings (SSSR count). The molecule has 0 aliphatic carbocycles. The van der Waals surface area contributed by atoms with Gasteiger partial charge in [-0.2, -0.15) is 17.7 Å². The molecule has 0 unspecified atom stereocenters. The van der Waals surface area contributed by atoms with E-state index in [0.29, 0.717) is 30.4 Å². The summed E-state index contributed by atoms with van der Waals surface area (Å²) in [7, 11) is 1.53. The number of hydrogen-bond acceptors (Lipinski definition) is 5. The van der Waals surface area contributed by atoms with Gasteiger partial charge in [-0.1, -0.05) is 12.1 Å². The number of aryl methyl sites for hydroxylation is 1. The third-order valence-electron chi connectivity index (χ3n) is 4.92. The molecule has 0 spiro atoms. The van der Waals surface area contributed by atoms with Crippen LogP contribution in [0.1, 0.15) is 21.7 Å². The summed E-state index contributed by atoms with van der Waals surface area (Å²) in [6, 6.07) is 8.25. The Morgan fingerprint density at radius 2 is 1.86 bits per heavy atom. The zero-order valence-corrected chi connectivity index (χ0v) is 15.2. The minimum Gasteiger partial charge on any atom is -0.351 e. The fourth-order valence-electron chi connectivity index (χ4n) is 3.22. The molecule has 0 N–H and O–H groups in total. The molecule has 28 heavy (non-hydrogen) atoms. The van der Waals surface area contributed by atoms with Crippen molar-refractivity contribution in [2.45, 2.75) is 19.1 Å². The number of hydrogen-bond donors (Lipinski definition) is 0. The van der Waals surface area contributed by atoms with Gasteiger partial charge in [0, 0.05) is 20.1 Å². The molecule has 1 saturated heterocycles. The number of carbonyl (C=O) groups is 1. The van der Waals surface area contributed by atoms with Crippen LogP contribution in [0.25, 0.3) is 5.65 Å². The Morgan fingerprint density at radius 1 is 1.14 bits per heavy atom. The minimum atomic E-state index is -4.57. The fraction of sp³-hybridized carbons (Fsp3) is 0.333. The van der Waals surface area contributed by atoms with Gasteiger partial charge in [-0.25, -0.2) is 0 Å². The summed E-state index contributed by atoms with van der Waals surface area (Å²) < 4.78 is 41.2. The average molecular weight is 390 g/mol. The van der Waals surface area contributed by atoms with Gasteiger partial charge >= 0.3 is 6.18 Å². The molecule has 1 fully saturated rings. The lowest BCUT2D eigenvalue weighted by atomic mass is 10.0. The van der Waals surface area contributed by atoms with E-state index in [9.17, 15) is 18.0 Å². The van der Waals surface area contributed by atoms with Crippen molar-refractivity contribution < 1.29 is 18.0 Å². The number of aromatic nitrogens is 4. The van der Waals surface area contributed by atoms with E-state index in [1.54, 1.807) is 23.6 Å². The Hall–Kier alpha value is -3.17. The molecule has 0 saturated carbocycles. The van der Waals surface area contributed by atoms with Crippen LogP contribution in [0.15, 0.2) is 36.4 Å². The number of nitrogens with zero attached hydrogens (tertiary/aromatic N) is 6. The number of anilines is 1. The summed E-state index contributed by atoms with van der Waals surface area (Å²) in [5, 5.41) is 12.4. The molecule has 3 aromatic rings. The first-order chi connectivity index (χ1) is 13.3. The van der Waals surface area contributed by atoms with Gasteiger partial charge < -0.3 is 9.80 Å². The second kappa shape index (κ2) is 6.47. The highest BCUT2D eigenvalue weighted by molar-refractivity contribution is 5.96. The third kappa shape index (κ3) is 3.04. The fourth-order valence-corrected chi connectivity index (χ4v) is 3.22. The van der Waals surface area contributed by atoms with Gasteiger partial charge in [0.1, 0.15) is 5.82 Å². The molecule has 0 atom stereocenters. The van der Waals surface area contributed by atoms with Gasteiger partial charge in [0.05, 0.1) is 17.2 Å². The summed E-state index contributed by atoms with van der Waals surface area (Å²) in [4.78, 5) is 16.0. The van der Waals surface area contributed by atoms with Crippen molar-refractivity contribution in [1.82, 2.24) is 24.7 Å². The number of fused-ring (bicyclic) bond motifs is 1. The normalized spacial score (nSPS) is 15.0. The Balaban J connectivity index is 1.48. The van der Waals surface area contributed by atoms with Crippen LogP contribution in [0.2, 0.25) is 0 Å². The minimum absolute atomic E-state index is 0.201. The number of halogens is 3. The molecular weight excluding hydrogens is 373 g/mol. The summed E-state index contributed by atoms with van der Waals surface area (Å²) in [6.07, 6.45) is -4.57. The lowest BCUT2D eigenvalue weighted by molar-refractivity contribution is -0.138.